The van der Waals surface area contributed by atoms with E-state index in [4.69, 9.17) is 0 Å². The van der Waals surface area contributed by atoms with Gasteiger partial charge in [0.25, 0.3) is 0 Å². The number of piperidine rings is 2. The molecule has 1 N–H and O–H groups in total. The number of rotatable bonds is 2. The van der Waals surface area contributed by atoms with E-state index in [1.54, 1.807) is 0 Å². The summed E-state index contributed by atoms with van der Waals surface area (Å²) in [5.41, 5.74) is 2.47. The predicted molar refractivity (Wildman–Crippen MR) is 113 cm³/mol. The zero-order chi connectivity index (χ0) is 20.2. The SMILES string of the molecule is CC12CCC3C(CC=C4N(Cc5ccccc5)C(=O)CCC43C)C1CCC(=O)N2. The van der Waals surface area contributed by atoms with Gasteiger partial charge in [0.05, 0.1) is 6.54 Å². The van der Waals surface area contributed by atoms with Crippen LogP contribution in [0.2, 0.25) is 0 Å². The second-order valence-electron chi connectivity index (χ2n) is 10.1. The van der Waals surface area contributed by atoms with Crippen LogP contribution in [-0.2, 0) is 16.1 Å². The zero-order valence-electron chi connectivity index (χ0n) is 17.6. The number of carbonyl (C=O) groups excluding carboxylic acids is 2. The molecule has 3 fully saturated rings. The molecule has 0 aromatic heterocycles. The molecular formula is C25H32N2O2. The van der Waals surface area contributed by atoms with Crippen molar-refractivity contribution in [3.63, 3.8) is 0 Å². The van der Waals surface area contributed by atoms with E-state index in [9.17, 15) is 9.59 Å². The van der Waals surface area contributed by atoms with Crippen molar-refractivity contribution in [2.24, 2.45) is 23.2 Å². The van der Waals surface area contributed by atoms with Gasteiger partial charge in [-0.2, -0.15) is 0 Å². The molecule has 5 atom stereocenters. The molecule has 29 heavy (non-hydrogen) atoms. The van der Waals surface area contributed by atoms with Gasteiger partial charge in [0.2, 0.25) is 11.8 Å². The molecule has 4 nitrogen and oxygen atoms in total. The highest BCUT2D eigenvalue weighted by molar-refractivity contribution is 5.80. The molecule has 0 bridgehead atoms. The summed E-state index contributed by atoms with van der Waals surface area (Å²) < 4.78 is 0. The fourth-order valence-electron chi connectivity index (χ4n) is 7.06. The number of fused-ring (bicyclic) bond motifs is 5. The first kappa shape index (κ1) is 18.9. The Labute approximate surface area is 173 Å². The van der Waals surface area contributed by atoms with Crippen molar-refractivity contribution in [2.45, 2.75) is 70.9 Å². The van der Waals surface area contributed by atoms with Crippen LogP contribution in [-0.4, -0.2) is 22.3 Å². The largest absolute Gasteiger partial charge is 0.351 e. The summed E-state index contributed by atoms with van der Waals surface area (Å²) in [6, 6.07) is 10.4. The number of hydrogen-bond donors (Lipinski definition) is 1. The van der Waals surface area contributed by atoms with E-state index in [1.165, 1.54) is 11.3 Å². The Kier molecular flexibility index (Phi) is 4.38. The van der Waals surface area contributed by atoms with E-state index in [0.29, 0.717) is 37.1 Å². The van der Waals surface area contributed by atoms with Crippen molar-refractivity contribution >= 4 is 11.8 Å². The molecule has 0 spiro atoms. The number of nitrogens with one attached hydrogen (secondary N) is 1. The fourth-order valence-corrected chi connectivity index (χ4v) is 7.06. The van der Waals surface area contributed by atoms with E-state index < -0.39 is 0 Å². The molecule has 0 radical (unpaired) electrons. The normalized spacial score (nSPS) is 39.0. The summed E-state index contributed by atoms with van der Waals surface area (Å²) in [7, 11) is 0. The lowest BCUT2D eigenvalue weighted by Gasteiger charge is -2.60. The number of nitrogens with zero attached hydrogens (tertiary/aromatic N) is 1. The molecule has 1 saturated carbocycles. The minimum absolute atomic E-state index is 0.0492. The van der Waals surface area contributed by atoms with Crippen molar-refractivity contribution < 1.29 is 9.59 Å². The molecule has 4 aliphatic rings. The molecule has 5 unspecified atom stereocenters. The molecule has 2 saturated heterocycles. The summed E-state index contributed by atoms with van der Waals surface area (Å²) in [6.07, 6.45) is 8.88. The number of amides is 2. The van der Waals surface area contributed by atoms with Crippen LogP contribution >= 0.6 is 0 Å². The van der Waals surface area contributed by atoms with Crippen molar-refractivity contribution in [2.75, 3.05) is 0 Å². The first-order chi connectivity index (χ1) is 13.9. The molecule has 154 valence electrons. The highest BCUT2D eigenvalue weighted by atomic mass is 16.2. The van der Waals surface area contributed by atoms with Crippen LogP contribution in [0.5, 0.6) is 0 Å². The number of carbonyl (C=O) groups is 2. The lowest BCUT2D eigenvalue weighted by molar-refractivity contribution is -0.140. The molecule has 1 aromatic carbocycles. The Balaban J connectivity index is 1.47. The average Bonchev–Trinajstić information content (AvgIpc) is 2.70. The van der Waals surface area contributed by atoms with E-state index >= 15 is 0 Å². The minimum Gasteiger partial charge on any atom is -0.351 e. The summed E-state index contributed by atoms with van der Waals surface area (Å²) >= 11 is 0. The lowest BCUT2D eigenvalue weighted by atomic mass is 9.50. The maximum absolute atomic E-state index is 12.9. The van der Waals surface area contributed by atoms with Crippen LogP contribution in [0.3, 0.4) is 0 Å². The van der Waals surface area contributed by atoms with Crippen molar-refractivity contribution in [3.05, 3.63) is 47.7 Å². The van der Waals surface area contributed by atoms with Crippen LogP contribution in [0.15, 0.2) is 42.1 Å². The Hall–Kier alpha value is -2.10. The Morgan fingerprint density at radius 3 is 2.62 bits per heavy atom. The third kappa shape index (κ3) is 2.94. The molecule has 2 aliphatic heterocycles. The second kappa shape index (κ2) is 6.72. The quantitative estimate of drug-likeness (QED) is 0.810. The van der Waals surface area contributed by atoms with Crippen molar-refractivity contribution in [1.29, 1.82) is 0 Å². The predicted octanol–water partition coefficient (Wildman–Crippen LogP) is 4.41. The zero-order valence-corrected chi connectivity index (χ0v) is 17.6. The molecule has 1 aromatic rings. The smallest absolute Gasteiger partial charge is 0.227 e. The van der Waals surface area contributed by atoms with Gasteiger partial charge >= 0.3 is 0 Å². The Morgan fingerprint density at radius 2 is 1.83 bits per heavy atom. The monoisotopic (exact) mass is 392 g/mol. The van der Waals surface area contributed by atoms with Gasteiger partial charge in [0.15, 0.2) is 0 Å². The number of hydrogen-bond acceptors (Lipinski definition) is 2. The van der Waals surface area contributed by atoms with Gasteiger partial charge in [0.1, 0.15) is 0 Å². The van der Waals surface area contributed by atoms with Gasteiger partial charge in [-0.3, -0.25) is 9.59 Å². The molecule has 2 amide bonds. The fraction of sp³-hybridized carbons (Fsp3) is 0.600. The highest BCUT2D eigenvalue weighted by Gasteiger charge is 2.57. The third-order valence-corrected chi connectivity index (χ3v) is 8.55. The van der Waals surface area contributed by atoms with E-state index in [-0.39, 0.29) is 22.8 Å². The summed E-state index contributed by atoms with van der Waals surface area (Å²) in [6.45, 7) is 5.35. The van der Waals surface area contributed by atoms with Crippen LogP contribution < -0.4 is 5.32 Å². The number of likely N-dealkylation sites (tertiary alicyclic amines) is 1. The van der Waals surface area contributed by atoms with Gasteiger partial charge < -0.3 is 10.2 Å². The lowest BCUT2D eigenvalue weighted by Crippen LogP contribution is -2.63. The first-order valence-electron chi connectivity index (χ1n) is 11.3. The van der Waals surface area contributed by atoms with Crippen LogP contribution in [0.25, 0.3) is 0 Å². The van der Waals surface area contributed by atoms with Crippen LogP contribution in [0.1, 0.15) is 64.4 Å². The molecule has 4 heteroatoms. The average molecular weight is 393 g/mol. The maximum atomic E-state index is 12.9. The number of benzene rings is 1. The van der Waals surface area contributed by atoms with Crippen molar-refractivity contribution in [1.82, 2.24) is 10.2 Å². The topological polar surface area (TPSA) is 49.4 Å². The highest BCUT2D eigenvalue weighted by Crippen LogP contribution is 2.60. The number of allylic oxidation sites excluding steroid dienone is 2. The van der Waals surface area contributed by atoms with Crippen molar-refractivity contribution in [3.8, 4) is 0 Å². The second-order valence-corrected chi connectivity index (χ2v) is 10.1. The standard InChI is InChI=1S/C25H32N2O2/c1-24-14-13-23(29)27(16-17-6-4-3-5-7-17)21(24)10-8-18-19(24)12-15-25(2)20(18)9-11-22(28)26-25/h3-7,10,18-20H,8-9,11-16H2,1-2H3,(H,26,28). The Morgan fingerprint density at radius 1 is 1.03 bits per heavy atom. The van der Waals surface area contributed by atoms with E-state index in [0.717, 1.165) is 32.1 Å². The summed E-state index contributed by atoms with van der Waals surface area (Å²) in [5, 5.41) is 3.34. The first-order valence-corrected chi connectivity index (χ1v) is 11.3. The van der Waals surface area contributed by atoms with Gasteiger partial charge in [-0.1, -0.05) is 43.3 Å². The summed E-state index contributed by atoms with van der Waals surface area (Å²) in [4.78, 5) is 27.0. The molecule has 5 rings (SSSR count). The van der Waals surface area contributed by atoms with E-state index in [1.807, 2.05) is 18.2 Å². The summed E-state index contributed by atoms with van der Waals surface area (Å²) in [5.74, 6) is 2.24. The van der Waals surface area contributed by atoms with Gasteiger partial charge in [0, 0.05) is 29.5 Å². The van der Waals surface area contributed by atoms with Gasteiger partial charge in [-0.25, -0.2) is 0 Å². The minimum atomic E-state index is -0.0492. The maximum Gasteiger partial charge on any atom is 0.227 e. The van der Waals surface area contributed by atoms with Gasteiger partial charge in [-0.15, -0.1) is 0 Å². The van der Waals surface area contributed by atoms with Crippen LogP contribution in [0, 0.1) is 23.2 Å². The van der Waals surface area contributed by atoms with Crippen LogP contribution in [0.4, 0.5) is 0 Å². The molecule has 2 aliphatic carbocycles. The van der Waals surface area contributed by atoms with Gasteiger partial charge in [-0.05, 0) is 62.3 Å². The Bertz CT molecular complexity index is 863. The molecule has 2 heterocycles. The van der Waals surface area contributed by atoms with E-state index in [2.05, 4.69) is 42.3 Å². The molecular weight excluding hydrogens is 360 g/mol. The third-order valence-electron chi connectivity index (χ3n) is 8.55.